The van der Waals surface area contributed by atoms with E-state index in [-0.39, 0.29) is 6.61 Å². The van der Waals surface area contributed by atoms with Crippen LogP contribution in [-0.2, 0) is 4.79 Å². The van der Waals surface area contributed by atoms with Gasteiger partial charge in [0.2, 0.25) is 5.91 Å². The van der Waals surface area contributed by atoms with Gasteiger partial charge in [-0.3, -0.25) is 4.79 Å². The highest BCUT2D eigenvalue weighted by Gasteiger charge is 2.23. The minimum atomic E-state index is -1.07. The fraction of sp³-hybridized carbons (Fsp3) is 0.981. The van der Waals surface area contributed by atoms with Gasteiger partial charge in [-0.2, -0.15) is 0 Å². The zero-order valence-electron chi connectivity index (χ0n) is 39.7. The second-order valence-corrected chi connectivity index (χ2v) is 18.8. The van der Waals surface area contributed by atoms with Crippen LogP contribution in [0.4, 0.5) is 0 Å². The van der Waals surface area contributed by atoms with Crippen LogP contribution < -0.4 is 5.32 Å². The Kier molecular flexibility index (Phi) is 48.5. The Balaban J connectivity index is 3.42. The van der Waals surface area contributed by atoms with Crippen LogP contribution in [0.1, 0.15) is 309 Å². The van der Waals surface area contributed by atoms with E-state index in [4.69, 9.17) is 0 Å². The molecule has 58 heavy (non-hydrogen) atoms. The molecule has 0 saturated carbocycles. The smallest absolute Gasteiger partial charge is 0.249 e. The van der Waals surface area contributed by atoms with Crippen molar-refractivity contribution in [1.29, 1.82) is 0 Å². The summed E-state index contributed by atoms with van der Waals surface area (Å²) in [5, 5.41) is 33.4. The quantitative estimate of drug-likeness (QED) is 0.0460. The van der Waals surface area contributed by atoms with Gasteiger partial charge in [0.15, 0.2) is 0 Å². The molecule has 5 nitrogen and oxygen atoms in total. The van der Waals surface area contributed by atoms with Gasteiger partial charge in [0.25, 0.3) is 0 Å². The molecule has 0 aromatic heterocycles. The maximum atomic E-state index is 12.5. The minimum Gasteiger partial charge on any atom is -0.394 e. The largest absolute Gasteiger partial charge is 0.394 e. The number of hydrogen-bond acceptors (Lipinski definition) is 4. The van der Waals surface area contributed by atoms with Gasteiger partial charge in [0.1, 0.15) is 6.10 Å². The third-order valence-corrected chi connectivity index (χ3v) is 13.0. The number of carbonyl (C=O) groups excluding carboxylic acids is 1. The lowest BCUT2D eigenvalue weighted by atomic mass is 10.0. The van der Waals surface area contributed by atoms with Crippen LogP contribution >= 0.6 is 0 Å². The molecule has 0 saturated heterocycles. The fourth-order valence-electron chi connectivity index (χ4n) is 8.78. The summed E-state index contributed by atoms with van der Waals surface area (Å²) in [5.41, 5.74) is 0. The second-order valence-electron chi connectivity index (χ2n) is 18.8. The Morgan fingerprint density at radius 2 is 0.552 bits per heavy atom. The minimum absolute atomic E-state index is 0.308. The van der Waals surface area contributed by atoms with E-state index in [1.165, 1.54) is 250 Å². The Morgan fingerprint density at radius 1 is 0.345 bits per heavy atom. The van der Waals surface area contributed by atoms with Crippen LogP contribution in [0.15, 0.2) is 0 Å². The lowest BCUT2D eigenvalue weighted by molar-refractivity contribution is -0.131. The van der Waals surface area contributed by atoms with Crippen molar-refractivity contribution in [2.75, 3.05) is 6.61 Å². The van der Waals surface area contributed by atoms with E-state index in [2.05, 4.69) is 19.2 Å². The van der Waals surface area contributed by atoms with Crippen molar-refractivity contribution in [3.05, 3.63) is 0 Å². The first kappa shape index (κ1) is 57.3. The van der Waals surface area contributed by atoms with E-state index in [0.29, 0.717) is 12.8 Å². The number of amides is 1. The van der Waals surface area contributed by atoms with Crippen molar-refractivity contribution >= 4 is 5.91 Å². The van der Waals surface area contributed by atoms with Gasteiger partial charge in [0.05, 0.1) is 18.8 Å². The van der Waals surface area contributed by atoms with Gasteiger partial charge in [-0.1, -0.05) is 296 Å². The number of aliphatic hydroxyl groups excluding tert-OH is 3. The number of carbonyl (C=O) groups is 1. The molecule has 0 spiro atoms. The van der Waals surface area contributed by atoms with E-state index < -0.39 is 24.2 Å². The molecule has 1 amide bonds. The SMILES string of the molecule is CCCCCCCCCCCCCCCCCCCCCCCCCCCCCCCCCCC(O)C(=O)NC(CO)C(O)CCCCCCCCCCCCCC. The van der Waals surface area contributed by atoms with Gasteiger partial charge in [0, 0.05) is 0 Å². The fourth-order valence-corrected chi connectivity index (χ4v) is 8.78. The number of nitrogens with one attached hydrogen (secondary N) is 1. The number of unbranched alkanes of at least 4 members (excludes halogenated alkanes) is 42. The lowest BCUT2D eigenvalue weighted by Crippen LogP contribution is -2.49. The number of hydrogen-bond donors (Lipinski definition) is 4. The molecule has 0 rings (SSSR count). The molecule has 0 radical (unpaired) electrons. The number of aliphatic hydroxyl groups is 3. The standard InChI is InChI=1S/C53H107NO4/c1-3-5-7-9-11-13-15-17-18-19-20-21-22-23-24-25-26-27-28-29-30-31-32-33-34-35-36-38-40-42-44-46-48-52(57)53(58)54-50(49-55)51(56)47-45-43-41-39-37-16-14-12-10-8-6-4-2/h50-52,55-57H,3-49H2,1-2H3,(H,54,58). The van der Waals surface area contributed by atoms with Crippen LogP contribution in [0, 0.1) is 0 Å². The van der Waals surface area contributed by atoms with Crippen LogP contribution in [-0.4, -0.2) is 46.1 Å². The van der Waals surface area contributed by atoms with Crippen molar-refractivity contribution in [3.63, 3.8) is 0 Å². The zero-order chi connectivity index (χ0) is 42.3. The van der Waals surface area contributed by atoms with E-state index in [1.54, 1.807) is 0 Å². The molecular weight excluding hydrogens is 715 g/mol. The van der Waals surface area contributed by atoms with Crippen LogP contribution in [0.25, 0.3) is 0 Å². The van der Waals surface area contributed by atoms with Crippen molar-refractivity contribution in [1.82, 2.24) is 5.32 Å². The Morgan fingerprint density at radius 3 is 0.776 bits per heavy atom. The van der Waals surface area contributed by atoms with Gasteiger partial charge in [-0.15, -0.1) is 0 Å². The molecule has 3 unspecified atom stereocenters. The van der Waals surface area contributed by atoms with Crippen molar-refractivity contribution in [3.8, 4) is 0 Å². The normalized spacial score (nSPS) is 13.3. The topological polar surface area (TPSA) is 89.8 Å². The van der Waals surface area contributed by atoms with E-state index in [1.807, 2.05) is 0 Å². The Hall–Kier alpha value is -0.650. The molecule has 3 atom stereocenters. The third kappa shape index (κ3) is 43.4. The summed E-state index contributed by atoms with van der Waals surface area (Å²) in [6.07, 6.45) is 58.7. The molecule has 348 valence electrons. The van der Waals surface area contributed by atoms with Gasteiger partial charge < -0.3 is 20.6 Å². The monoisotopic (exact) mass is 822 g/mol. The number of rotatable bonds is 50. The first-order valence-electron chi connectivity index (χ1n) is 26.8. The summed E-state index contributed by atoms with van der Waals surface area (Å²) >= 11 is 0. The molecule has 0 aliphatic heterocycles. The summed E-state index contributed by atoms with van der Waals surface area (Å²) in [4.78, 5) is 12.5. The molecular formula is C53H107NO4. The summed E-state index contributed by atoms with van der Waals surface area (Å²) in [5.74, 6) is -0.464. The Bertz CT molecular complexity index is 777. The average Bonchev–Trinajstić information content (AvgIpc) is 3.23. The van der Waals surface area contributed by atoms with Crippen LogP contribution in [0.5, 0.6) is 0 Å². The third-order valence-electron chi connectivity index (χ3n) is 13.0. The van der Waals surface area contributed by atoms with Gasteiger partial charge in [-0.25, -0.2) is 0 Å². The Labute approximate surface area is 364 Å². The first-order chi connectivity index (χ1) is 28.6. The molecule has 5 heteroatoms. The average molecular weight is 822 g/mol. The zero-order valence-corrected chi connectivity index (χ0v) is 39.7. The molecule has 0 fully saturated rings. The molecule has 0 aliphatic carbocycles. The molecule has 0 aromatic carbocycles. The van der Waals surface area contributed by atoms with Gasteiger partial charge in [-0.05, 0) is 12.8 Å². The highest BCUT2D eigenvalue weighted by atomic mass is 16.3. The summed E-state index contributed by atoms with van der Waals surface area (Å²) in [6, 6.07) is -0.705. The first-order valence-corrected chi connectivity index (χ1v) is 26.8. The second kappa shape index (κ2) is 49.0. The van der Waals surface area contributed by atoms with Gasteiger partial charge >= 0.3 is 0 Å². The van der Waals surface area contributed by atoms with E-state index in [9.17, 15) is 20.1 Å². The van der Waals surface area contributed by atoms with E-state index in [0.717, 1.165) is 32.1 Å². The predicted molar refractivity (Wildman–Crippen MR) is 255 cm³/mol. The highest BCUT2D eigenvalue weighted by Crippen LogP contribution is 2.18. The lowest BCUT2D eigenvalue weighted by Gasteiger charge is -2.23. The van der Waals surface area contributed by atoms with Crippen molar-refractivity contribution in [2.24, 2.45) is 0 Å². The predicted octanol–water partition coefficient (Wildman–Crippen LogP) is 16.2. The summed E-state index contributed by atoms with van der Waals surface area (Å²) < 4.78 is 0. The van der Waals surface area contributed by atoms with Crippen LogP contribution in [0.2, 0.25) is 0 Å². The van der Waals surface area contributed by atoms with Crippen molar-refractivity contribution in [2.45, 2.75) is 327 Å². The molecule has 0 aliphatic rings. The summed E-state index contributed by atoms with van der Waals surface area (Å²) in [7, 11) is 0. The molecule has 4 N–H and O–H groups in total. The maximum absolute atomic E-state index is 12.5. The molecule has 0 bridgehead atoms. The highest BCUT2D eigenvalue weighted by molar-refractivity contribution is 5.80. The maximum Gasteiger partial charge on any atom is 0.249 e. The van der Waals surface area contributed by atoms with E-state index >= 15 is 0 Å². The van der Waals surface area contributed by atoms with Crippen molar-refractivity contribution < 1.29 is 20.1 Å². The molecule has 0 aromatic rings. The van der Waals surface area contributed by atoms with Crippen LogP contribution in [0.3, 0.4) is 0 Å². The summed E-state index contributed by atoms with van der Waals surface area (Å²) in [6.45, 7) is 4.25. The molecule has 0 heterocycles.